The molecule has 2 rings (SSSR count). The molecule has 1 aromatic rings. The molecular weight excluding hydrogens is 236 g/mol. The molecule has 1 fully saturated rings. The van der Waals surface area contributed by atoms with Crippen LogP contribution in [-0.4, -0.2) is 34.7 Å². The highest BCUT2D eigenvalue weighted by atomic mass is 19.2. The zero-order valence-corrected chi connectivity index (χ0v) is 10.8. The Hall–Kier alpha value is -1.00. The minimum atomic E-state index is -0.810. The molecule has 1 aromatic carbocycles. The third-order valence-corrected chi connectivity index (χ3v) is 3.96. The molecule has 0 spiro atoms. The minimum Gasteiger partial charge on any atom is -0.391 e. The van der Waals surface area contributed by atoms with Gasteiger partial charge in [-0.1, -0.05) is 6.07 Å². The summed E-state index contributed by atoms with van der Waals surface area (Å²) in [6, 6.07) is 4.02. The van der Waals surface area contributed by atoms with Crippen molar-refractivity contribution in [2.75, 3.05) is 13.1 Å². The van der Waals surface area contributed by atoms with E-state index >= 15 is 0 Å². The molecule has 0 aliphatic carbocycles. The normalized spacial score (nSPS) is 23.5. The lowest BCUT2D eigenvalue weighted by Gasteiger charge is -2.33. The van der Waals surface area contributed by atoms with Crippen LogP contribution >= 0.6 is 0 Å². The van der Waals surface area contributed by atoms with Gasteiger partial charge in [-0.05, 0) is 44.4 Å². The molecule has 1 aliphatic rings. The maximum Gasteiger partial charge on any atom is 0.159 e. The topological polar surface area (TPSA) is 23.5 Å². The van der Waals surface area contributed by atoms with E-state index in [1.165, 1.54) is 6.07 Å². The molecule has 1 N–H and O–H groups in total. The summed E-state index contributed by atoms with van der Waals surface area (Å²) in [4.78, 5) is 2.19. The summed E-state index contributed by atoms with van der Waals surface area (Å²) < 4.78 is 25.9. The van der Waals surface area contributed by atoms with E-state index in [1.54, 1.807) is 6.07 Å². The molecule has 2 nitrogen and oxygen atoms in total. The molecule has 18 heavy (non-hydrogen) atoms. The second-order valence-electron chi connectivity index (χ2n) is 5.44. The zero-order valence-electron chi connectivity index (χ0n) is 10.8. The van der Waals surface area contributed by atoms with Gasteiger partial charge in [-0.25, -0.2) is 8.78 Å². The smallest absolute Gasteiger partial charge is 0.159 e. The van der Waals surface area contributed by atoms with E-state index in [0.29, 0.717) is 6.42 Å². The maximum absolute atomic E-state index is 13.1. The molecule has 100 valence electrons. The molecule has 1 aliphatic heterocycles. The second kappa shape index (κ2) is 4.94. The van der Waals surface area contributed by atoms with Gasteiger partial charge in [0.05, 0.1) is 6.10 Å². The van der Waals surface area contributed by atoms with Gasteiger partial charge in [0.2, 0.25) is 0 Å². The molecule has 0 amide bonds. The number of halogens is 2. The van der Waals surface area contributed by atoms with Crippen LogP contribution in [0.1, 0.15) is 25.8 Å². The Bertz CT molecular complexity index is 434. The van der Waals surface area contributed by atoms with Gasteiger partial charge >= 0.3 is 0 Å². The van der Waals surface area contributed by atoms with E-state index < -0.39 is 11.6 Å². The van der Waals surface area contributed by atoms with E-state index in [9.17, 15) is 13.9 Å². The summed E-state index contributed by atoms with van der Waals surface area (Å²) >= 11 is 0. The van der Waals surface area contributed by atoms with Crippen LogP contribution in [0.4, 0.5) is 8.78 Å². The van der Waals surface area contributed by atoms with Crippen molar-refractivity contribution in [2.45, 2.75) is 38.3 Å². The number of aliphatic hydroxyl groups excluding tert-OH is 1. The molecular formula is C14H19F2NO. The number of nitrogens with zero attached hydrogens (tertiary/aromatic N) is 1. The Morgan fingerprint density at radius 3 is 2.61 bits per heavy atom. The quantitative estimate of drug-likeness (QED) is 0.896. The van der Waals surface area contributed by atoms with E-state index in [0.717, 1.165) is 31.1 Å². The second-order valence-corrected chi connectivity index (χ2v) is 5.44. The first kappa shape index (κ1) is 13.4. The SMILES string of the molecule is CC1(C)C(O)CCN1CCc1ccc(F)c(F)c1. The fourth-order valence-electron chi connectivity index (χ4n) is 2.49. The number of benzene rings is 1. The lowest BCUT2D eigenvalue weighted by Crippen LogP contribution is -2.45. The van der Waals surface area contributed by atoms with Crippen LogP contribution in [0.15, 0.2) is 18.2 Å². The number of hydrogen-bond donors (Lipinski definition) is 1. The minimum absolute atomic E-state index is 0.238. The van der Waals surface area contributed by atoms with Gasteiger partial charge in [0, 0.05) is 18.6 Å². The summed E-state index contributed by atoms with van der Waals surface area (Å²) in [7, 11) is 0. The van der Waals surface area contributed by atoms with E-state index in [-0.39, 0.29) is 11.6 Å². The van der Waals surface area contributed by atoms with Crippen molar-refractivity contribution in [2.24, 2.45) is 0 Å². The Morgan fingerprint density at radius 2 is 2.06 bits per heavy atom. The van der Waals surface area contributed by atoms with Gasteiger partial charge in [0.25, 0.3) is 0 Å². The molecule has 1 heterocycles. The van der Waals surface area contributed by atoms with Gasteiger partial charge in [-0.3, -0.25) is 4.90 Å². The predicted octanol–water partition coefficient (Wildman–Crippen LogP) is 2.35. The number of aliphatic hydroxyl groups is 1. The molecule has 1 saturated heterocycles. The summed E-state index contributed by atoms with van der Waals surface area (Å²) in [5, 5.41) is 9.85. The van der Waals surface area contributed by atoms with E-state index in [2.05, 4.69) is 4.90 Å². The van der Waals surface area contributed by atoms with Crippen LogP contribution in [0, 0.1) is 11.6 Å². The lowest BCUT2D eigenvalue weighted by molar-refractivity contribution is 0.0553. The van der Waals surface area contributed by atoms with Gasteiger partial charge in [0.15, 0.2) is 11.6 Å². The van der Waals surface area contributed by atoms with Gasteiger partial charge in [-0.2, -0.15) is 0 Å². The van der Waals surface area contributed by atoms with Crippen molar-refractivity contribution < 1.29 is 13.9 Å². The molecule has 0 bridgehead atoms. The molecule has 1 atom stereocenters. The van der Waals surface area contributed by atoms with Crippen LogP contribution in [0.5, 0.6) is 0 Å². The predicted molar refractivity (Wildman–Crippen MR) is 66.3 cm³/mol. The standard InChI is InChI=1S/C14H19F2NO/c1-14(2)13(18)6-8-17(14)7-5-10-3-4-11(15)12(16)9-10/h3-4,9,13,18H,5-8H2,1-2H3. The number of hydrogen-bond acceptors (Lipinski definition) is 2. The van der Waals surface area contributed by atoms with Crippen molar-refractivity contribution in [3.05, 3.63) is 35.4 Å². The van der Waals surface area contributed by atoms with E-state index in [4.69, 9.17) is 0 Å². The van der Waals surface area contributed by atoms with Crippen LogP contribution in [-0.2, 0) is 6.42 Å². The van der Waals surface area contributed by atoms with Gasteiger partial charge in [0.1, 0.15) is 0 Å². The highest BCUT2D eigenvalue weighted by Gasteiger charge is 2.39. The zero-order chi connectivity index (χ0) is 13.3. The fourth-order valence-corrected chi connectivity index (χ4v) is 2.49. The van der Waals surface area contributed by atoms with Crippen molar-refractivity contribution in [1.82, 2.24) is 4.90 Å². The van der Waals surface area contributed by atoms with Crippen molar-refractivity contribution in [1.29, 1.82) is 0 Å². The van der Waals surface area contributed by atoms with Crippen LogP contribution < -0.4 is 0 Å². The highest BCUT2D eigenvalue weighted by molar-refractivity contribution is 5.18. The Balaban J connectivity index is 1.98. The molecule has 4 heteroatoms. The van der Waals surface area contributed by atoms with Crippen LogP contribution in [0.3, 0.4) is 0 Å². The maximum atomic E-state index is 13.1. The fraction of sp³-hybridized carbons (Fsp3) is 0.571. The van der Waals surface area contributed by atoms with Crippen molar-refractivity contribution >= 4 is 0 Å². The van der Waals surface area contributed by atoms with Crippen molar-refractivity contribution in [3.8, 4) is 0 Å². The molecule has 0 saturated carbocycles. The Kier molecular flexibility index (Phi) is 3.69. The largest absolute Gasteiger partial charge is 0.391 e. The monoisotopic (exact) mass is 255 g/mol. The summed E-state index contributed by atoms with van der Waals surface area (Å²) in [5.74, 6) is -1.61. The highest BCUT2D eigenvalue weighted by Crippen LogP contribution is 2.28. The van der Waals surface area contributed by atoms with Crippen LogP contribution in [0.2, 0.25) is 0 Å². The molecule has 1 unspecified atom stereocenters. The van der Waals surface area contributed by atoms with Crippen LogP contribution in [0.25, 0.3) is 0 Å². The first-order chi connectivity index (χ1) is 8.41. The number of likely N-dealkylation sites (tertiary alicyclic amines) is 1. The third-order valence-electron chi connectivity index (χ3n) is 3.96. The summed E-state index contributed by atoms with van der Waals surface area (Å²) in [5.41, 5.74) is 0.546. The summed E-state index contributed by atoms with van der Waals surface area (Å²) in [6.07, 6.45) is 1.11. The average Bonchev–Trinajstić information content (AvgIpc) is 2.56. The molecule has 0 aromatic heterocycles. The summed E-state index contributed by atoms with van der Waals surface area (Å²) in [6.45, 7) is 5.61. The van der Waals surface area contributed by atoms with Gasteiger partial charge < -0.3 is 5.11 Å². The Labute approximate surface area is 106 Å². The van der Waals surface area contributed by atoms with Crippen molar-refractivity contribution in [3.63, 3.8) is 0 Å². The van der Waals surface area contributed by atoms with E-state index in [1.807, 2.05) is 13.8 Å². The number of rotatable bonds is 3. The lowest BCUT2D eigenvalue weighted by atomic mass is 9.98. The first-order valence-electron chi connectivity index (χ1n) is 6.28. The first-order valence-corrected chi connectivity index (χ1v) is 6.28. The Morgan fingerprint density at radius 1 is 1.33 bits per heavy atom. The third kappa shape index (κ3) is 2.54. The van der Waals surface area contributed by atoms with Gasteiger partial charge in [-0.15, -0.1) is 0 Å². The molecule has 0 radical (unpaired) electrons. The average molecular weight is 255 g/mol.